The number of benzene rings is 3. The van der Waals surface area contributed by atoms with Gasteiger partial charge in [-0.2, -0.15) is 5.26 Å². The number of rotatable bonds is 10. The minimum absolute atomic E-state index is 0.145. The Hall–Kier alpha value is -5.69. The Balaban J connectivity index is 1.07. The summed E-state index contributed by atoms with van der Waals surface area (Å²) in [6.45, 7) is 9.28. The van der Waals surface area contributed by atoms with Crippen LogP contribution in [0, 0.1) is 17.2 Å². The zero-order chi connectivity index (χ0) is 33.1. The Kier molecular flexibility index (Phi) is 8.89. The minimum atomic E-state index is -0.537. The highest BCUT2D eigenvalue weighted by atomic mass is 16.6. The van der Waals surface area contributed by atoms with Crippen LogP contribution in [0.5, 0.6) is 5.75 Å². The van der Waals surface area contributed by atoms with Crippen molar-refractivity contribution >= 4 is 28.9 Å². The highest BCUT2D eigenvalue weighted by Crippen LogP contribution is 2.33. The van der Waals surface area contributed by atoms with Gasteiger partial charge in [0.1, 0.15) is 23.2 Å². The number of oxazole rings is 1. The molecule has 0 spiro atoms. The predicted molar refractivity (Wildman–Crippen MR) is 178 cm³/mol. The number of nitriles is 1. The molecular formula is C37H35N5O5. The standard InChI is InChI=1S/C37H35N5O5/c1-22(2)21-45-32-8-6-5-7-29(32)27-13-14-33(39-18-27)42-20-28(46-37(42)44)19-40-35(43)25-9-11-26(12-10-25)36-41-31-16-24(17-38)15-30(23(3)4)34(31)47-36/h5-16,18,22-23,28H,19-21H2,1-4H3,(H,40,43)/t28-/m0/s1. The van der Waals surface area contributed by atoms with Crippen LogP contribution in [0.4, 0.5) is 10.6 Å². The molecule has 2 amide bonds. The molecule has 0 saturated carbocycles. The fraction of sp³-hybridized carbons (Fsp3) is 0.270. The highest BCUT2D eigenvalue weighted by Gasteiger charge is 2.33. The van der Waals surface area contributed by atoms with E-state index < -0.39 is 12.2 Å². The van der Waals surface area contributed by atoms with E-state index in [4.69, 9.17) is 13.9 Å². The zero-order valence-corrected chi connectivity index (χ0v) is 26.7. The van der Waals surface area contributed by atoms with Crippen molar-refractivity contribution in [1.29, 1.82) is 5.26 Å². The number of ether oxygens (including phenoxy) is 2. The molecule has 5 aromatic rings. The SMILES string of the molecule is CC(C)COc1ccccc1-c1ccc(N2C[C@H](CNC(=O)c3ccc(-c4nc5cc(C#N)cc(C(C)C)c5o4)cc3)OC2=O)nc1. The van der Waals surface area contributed by atoms with E-state index in [9.17, 15) is 14.9 Å². The molecule has 1 N–H and O–H groups in total. The lowest BCUT2D eigenvalue weighted by Crippen LogP contribution is -2.34. The summed E-state index contributed by atoms with van der Waals surface area (Å²) in [6.07, 6.45) is 0.660. The molecule has 2 aromatic heterocycles. The minimum Gasteiger partial charge on any atom is -0.493 e. The van der Waals surface area contributed by atoms with Crippen molar-refractivity contribution < 1.29 is 23.5 Å². The first kappa shape index (κ1) is 31.3. The molecule has 0 unspecified atom stereocenters. The summed E-state index contributed by atoms with van der Waals surface area (Å²) in [5, 5.41) is 12.3. The summed E-state index contributed by atoms with van der Waals surface area (Å²) in [4.78, 5) is 36.2. The van der Waals surface area contributed by atoms with Crippen LogP contribution in [0.1, 0.15) is 55.1 Å². The second-order valence-corrected chi connectivity index (χ2v) is 12.2. The van der Waals surface area contributed by atoms with Gasteiger partial charge in [0.25, 0.3) is 5.91 Å². The van der Waals surface area contributed by atoms with Crippen LogP contribution >= 0.6 is 0 Å². The van der Waals surface area contributed by atoms with Gasteiger partial charge in [-0.05, 0) is 66.4 Å². The number of hydrogen-bond acceptors (Lipinski definition) is 8. The monoisotopic (exact) mass is 629 g/mol. The fourth-order valence-electron chi connectivity index (χ4n) is 5.36. The molecule has 1 fully saturated rings. The first-order valence-electron chi connectivity index (χ1n) is 15.6. The van der Waals surface area contributed by atoms with Crippen LogP contribution in [-0.2, 0) is 4.74 Å². The van der Waals surface area contributed by atoms with Crippen LogP contribution in [0.15, 0.2) is 83.4 Å². The summed E-state index contributed by atoms with van der Waals surface area (Å²) in [5.41, 5.74) is 5.66. The Morgan fingerprint density at radius 2 is 1.83 bits per heavy atom. The highest BCUT2D eigenvalue weighted by molar-refractivity contribution is 5.95. The van der Waals surface area contributed by atoms with Crippen molar-refractivity contribution in [3.63, 3.8) is 0 Å². The van der Waals surface area contributed by atoms with E-state index in [1.54, 1.807) is 42.6 Å². The average Bonchev–Trinajstić information content (AvgIpc) is 3.69. The van der Waals surface area contributed by atoms with Crippen molar-refractivity contribution in [2.75, 3.05) is 24.6 Å². The molecular weight excluding hydrogens is 594 g/mol. The maximum atomic E-state index is 12.9. The third-order valence-electron chi connectivity index (χ3n) is 7.82. The predicted octanol–water partition coefficient (Wildman–Crippen LogP) is 7.34. The maximum absolute atomic E-state index is 12.9. The molecule has 1 aliphatic rings. The number of fused-ring (bicyclic) bond motifs is 1. The molecule has 3 aromatic carbocycles. The van der Waals surface area contributed by atoms with E-state index in [1.165, 1.54) is 4.90 Å². The second kappa shape index (κ2) is 13.3. The zero-order valence-electron chi connectivity index (χ0n) is 26.7. The second-order valence-electron chi connectivity index (χ2n) is 12.2. The summed E-state index contributed by atoms with van der Waals surface area (Å²) in [6, 6.07) is 24.1. The van der Waals surface area contributed by atoms with E-state index in [0.717, 1.165) is 22.4 Å². The molecule has 238 valence electrons. The summed E-state index contributed by atoms with van der Waals surface area (Å²) >= 11 is 0. The number of pyridine rings is 1. The number of anilines is 1. The van der Waals surface area contributed by atoms with Crippen molar-refractivity contribution in [3.05, 3.63) is 95.7 Å². The molecule has 0 aliphatic carbocycles. The first-order valence-corrected chi connectivity index (χ1v) is 15.6. The number of carbonyl (C=O) groups excluding carboxylic acids is 2. The molecule has 1 atom stereocenters. The van der Waals surface area contributed by atoms with Crippen LogP contribution in [0.3, 0.4) is 0 Å². The number of carbonyl (C=O) groups is 2. The van der Waals surface area contributed by atoms with Crippen molar-refractivity contribution in [3.8, 4) is 34.4 Å². The lowest BCUT2D eigenvalue weighted by atomic mass is 10.00. The molecule has 1 saturated heterocycles. The lowest BCUT2D eigenvalue weighted by Gasteiger charge is -2.15. The molecule has 3 heterocycles. The van der Waals surface area contributed by atoms with Crippen LogP contribution < -0.4 is 15.0 Å². The van der Waals surface area contributed by atoms with Gasteiger partial charge in [-0.3, -0.25) is 9.69 Å². The lowest BCUT2D eigenvalue weighted by molar-refractivity contribution is 0.0916. The summed E-state index contributed by atoms with van der Waals surface area (Å²) in [5.74, 6) is 1.91. The number of nitrogens with one attached hydrogen (secondary N) is 1. The molecule has 0 radical (unpaired) electrons. The number of hydrogen-bond donors (Lipinski definition) is 1. The summed E-state index contributed by atoms with van der Waals surface area (Å²) in [7, 11) is 0. The van der Waals surface area contributed by atoms with Gasteiger partial charge in [-0.1, -0.05) is 45.9 Å². The topological polar surface area (TPSA) is 131 Å². The molecule has 47 heavy (non-hydrogen) atoms. The van der Waals surface area contributed by atoms with E-state index in [-0.39, 0.29) is 24.9 Å². The van der Waals surface area contributed by atoms with Gasteiger partial charge in [0.2, 0.25) is 5.89 Å². The van der Waals surface area contributed by atoms with Crippen molar-refractivity contribution in [2.24, 2.45) is 5.92 Å². The van der Waals surface area contributed by atoms with Gasteiger partial charge in [0, 0.05) is 34.0 Å². The van der Waals surface area contributed by atoms with Crippen LogP contribution in [-0.4, -0.2) is 47.8 Å². The molecule has 6 rings (SSSR count). The van der Waals surface area contributed by atoms with Gasteiger partial charge in [-0.15, -0.1) is 0 Å². The molecule has 1 aliphatic heterocycles. The number of aromatic nitrogens is 2. The Morgan fingerprint density at radius 3 is 2.53 bits per heavy atom. The van der Waals surface area contributed by atoms with E-state index in [2.05, 4.69) is 35.2 Å². The quantitative estimate of drug-likeness (QED) is 0.170. The third kappa shape index (κ3) is 6.79. The maximum Gasteiger partial charge on any atom is 0.416 e. The molecule has 10 nitrogen and oxygen atoms in total. The van der Waals surface area contributed by atoms with Crippen LogP contribution in [0.2, 0.25) is 0 Å². The Morgan fingerprint density at radius 1 is 1.06 bits per heavy atom. The van der Waals surface area contributed by atoms with Gasteiger partial charge >= 0.3 is 6.09 Å². The van der Waals surface area contributed by atoms with Gasteiger partial charge in [0.15, 0.2) is 5.58 Å². The number of cyclic esters (lactones) is 1. The first-order chi connectivity index (χ1) is 22.7. The van der Waals surface area contributed by atoms with E-state index in [0.29, 0.717) is 52.0 Å². The number of nitrogens with zero attached hydrogens (tertiary/aromatic N) is 4. The van der Waals surface area contributed by atoms with Crippen molar-refractivity contribution in [2.45, 2.75) is 39.7 Å². The smallest absolute Gasteiger partial charge is 0.416 e. The van der Waals surface area contributed by atoms with Crippen LogP contribution in [0.25, 0.3) is 33.7 Å². The molecule has 10 heteroatoms. The Bertz CT molecular complexity index is 1960. The third-order valence-corrected chi connectivity index (χ3v) is 7.82. The van der Waals surface area contributed by atoms with Crippen molar-refractivity contribution in [1.82, 2.24) is 15.3 Å². The largest absolute Gasteiger partial charge is 0.493 e. The Labute approximate surface area is 273 Å². The molecule has 0 bridgehead atoms. The van der Waals surface area contributed by atoms with E-state index >= 15 is 0 Å². The fourth-order valence-corrected chi connectivity index (χ4v) is 5.36. The van der Waals surface area contributed by atoms with Gasteiger partial charge in [-0.25, -0.2) is 14.8 Å². The van der Waals surface area contributed by atoms with Gasteiger partial charge < -0.3 is 19.2 Å². The number of para-hydroxylation sites is 1. The van der Waals surface area contributed by atoms with E-state index in [1.807, 2.05) is 50.2 Å². The average molecular weight is 630 g/mol. The van der Waals surface area contributed by atoms with Gasteiger partial charge in [0.05, 0.1) is 31.3 Å². The number of amides is 2. The summed E-state index contributed by atoms with van der Waals surface area (Å²) < 4.78 is 17.6. The normalized spacial score (nSPS) is 14.4.